The number of hydrogen-bond donors (Lipinski definition) is 1. The largest absolute Gasteiger partial charge is 0.415 e. The highest BCUT2D eigenvalue weighted by atomic mass is 35.5. The Kier molecular flexibility index (Phi) is 5.19. The zero-order valence-electron chi connectivity index (χ0n) is 13.4. The van der Waals surface area contributed by atoms with E-state index < -0.39 is 0 Å². The third kappa shape index (κ3) is 3.96. The lowest BCUT2D eigenvalue weighted by molar-refractivity contribution is -0.730. The summed E-state index contributed by atoms with van der Waals surface area (Å²) < 4.78 is 5.81. The minimum atomic E-state index is 0.0381. The first-order valence-corrected chi connectivity index (χ1v) is 8.48. The van der Waals surface area contributed by atoms with E-state index in [9.17, 15) is 0 Å². The molecule has 1 aromatic heterocycles. The zero-order chi connectivity index (χ0) is 17.1. The van der Waals surface area contributed by atoms with E-state index in [-0.39, 0.29) is 12.1 Å². The van der Waals surface area contributed by atoms with E-state index >= 15 is 0 Å². The van der Waals surface area contributed by atoms with Gasteiger partial charge in [0.05, 0.1) is 0 Å². The van der Waals surface area contributed by atoms with Gasteiger partial charge in [0.2, 0.25) is 5.89 Å². The molecule has 0 radical (unpaired) electrons. The Labute approximate surface area is 150 Å². The maximum absolute atomic E-state index is 6.01. The fourth-order valence-corrected chi connectivity index (χ4v) is 2.87. The van der Waals surface area contributed by atoms with Gasteiger partial charge in [0, 0.05) is 21.2 Å². The van der Waals surface area contributed by atoms with Crippen LogP contribution in [0.1, 0.15) is 37.4 Å². The Morgan fingerprint density at radius 1 is 0.917 bits per heavy atom. The maximum Gasteiger partial charge on any atom is 0.274 e. The first-order chi connectivity index (χ1) is 11.5. The lowest BCUT2D eigenvalue weighted by Gasteiger charge is -2.14. The van der Waals surface area contributed by atoms with Crippen molar-refractivity contribution in [3.8, 4) is 11.5 Å². The number of rotatable bonds is 5. The summed E-state index contributed by atoms with van der Waals surface area (Å²) in [4.78, 5) is 0. The van der Waals surface area contributed by atoms with Gasteiger partial charge >= 0.3 is 0 Å². The van der Waals surface area contributed by atoms with Crippen LogP contribution in [0.3, 0.4) is 0 Å². The molecule has 3 aromatic rings. The highest BCUT2D eigenvalue weighted by Crippen LogP contribution is 2.23. The third-order valence-corrected chi connectivity index (χ3v) is 4.36. The molecule has 0 saturated carbocycles. The van der Waals surface area contributed by atoms with Crippen molar-refractivity contribution in [1.82, 2.24) is 10.2 Å². The van der Waals surface area contributed by atoms with E-state index in [1.807, 2.05) is 55.5 Å². The predicted octanol–water partition coefficient (Wildman–Crippen LogP) is 4.43. The number of nitrogens with zero attached hydrogens (tertiary/aromatic N) is 2. The summed E-state index contributed by atoms with van der Waals surface area (Å²) in [6.07, 6.45) is 0. The number of halogens is 2. The molecule has 2 atom stereocenters. The summed E-state index contributed by atoms with van der Waals surface area (Å²) in [5.74, 6) is 1.07. The Balaban J connectivity index is 1.71. The smallest absolute Gasteiger partial charge is 0.274 e. The standard InChI is InChI=1S/C18H17Cl2N3O/c1-11(13-6-8-15(19)9-7-13)21-12(2)17-22-23-18(24-17)14-4-3-5-16(20)10-14/h3-12,21H,1-2H3/p+1/t11-,12+/m1/s1. The van der Waals surface area contributed by atoms with Crippen molar-refractivity contribution in [2.24, 2.45) is 0 Å². The molecule has 6 heteroatoms. The molecule has 2 aromatic carbocycles. The van der Waals surface area contributed by atoms with Gasteiger partial charge in [-0.1, -0.05) is 41.4 Å². The molecule has 0 aliphatic rings. The summed E-state index contributed by atoms with van der Waals surface area (Å²) in [6, 6.07) is 15.5. The first kappa shape index (κ1) is 17.0. The molecule has 24 heavy (non-hydrogen) atoms. The van der Waals surface area contributed by atoms with Crippen LogP contribution in [-0.4, -0.2) is 10.2 Å². The molecule has 4 nitrogen and oxygen atoms in total. The van der Waals surface area contributed by atoms with Gasteiger partial charge in [0.1, 0.15) is 6.04 Å². The molecule has 0 amide bonds. The Bertz CT molecular complexity index is 817. The fourth-order valence-electron chi connectivity index (χ4n) is 2.55. The van der Waals surface area contributed by atoms with Crippen molar-refractivity contribution in [2.75, 3.05) is 0 Å². The van der Waals surface area contributed by atoms with Gasteiger partial charge in [0.25, 0.3) is 5.89 Å². The number of benzene rings is 2. The molecule has 1 heterocycles. The second-order valence-corrected chi connectivity index (χ2v) is 6.65. The van der Waals surface area contributed by atoms with E-state index in [0.717, 1.165) is 10.6 Å². The molecule has 124 valence electrons. The zero-order valence-corrected chi connectivity index (χ0v) is 14.9. The van der Waals surface area contributed by atoms with Crippen molar-refractivity contribution in [2.45, 2.75) is 25.9 Å². The van der Waals surface area contributed by atoms with Gasteiger partial charge < -0.3 is 9.73 Å². The quantitative estimate of drug-likeness (QED) is 0.730. The van der Waals surface area contributed by atoms with E-state index in [2.05, 4.69) is 22.4 Å². The van der Waals surface area contributed by atoms with Gasteiger partial charge in [0.15, 0.2) is 6.04 Å². The maximum atomic E-state index is 6.01. The van der Waals surface area contributed by atoms with Gasteiger partial charge in [-0.25, -0.2) is 0 Å². The Hall–Kier alpha value is -1.88. The summed E-state index contributed by atoms with van der Waals surface area (Å²) in [6.45, 7) is 4.18. The second kappa shape index (κ2) is 7.34. The highest BCUT2D eigenvalue weighted by Gasteiger charge is 2.21. The number of aromatic nitrogens is 2. The molecule has 0 unspecified atom stereocenters. The Morgan fingerprint density at radius 2 is 1.67 bits per heavy atom. The monoisotopic (exact) mass is 362 g/mol. The molecular formula is C18H18Cl2N3O+. The van der Waals surface area contributed by atoms with E-state index in [1.54, 1.807) is 0 Å². The van der Waals surface area contributed by atoms with Crippen LogP contribution in [0.4, 0.5) is 0 Å². The van der Waals surface area contributed by atoms with Gasteiger partial charge in [-0.05, 0) is 44.2 Å². The lowest BCUT2D eigenvalue weighted by atomic mass is 10.1. The van der Waals surface area contributed by atoms with Crippen molar-refractivity contribution in [1.29, 1.82) is 0 Å². The van der Waals surface area contributed by atoms with E-state index in [0.29, 0.717) is 16.8 Å². The molecule has 0 bridgehead atoms. The number of nitrogens with two attached hydrogens (primary N) is 1. The molecule has 0 aliphatic heterocycles. The van der Waals surface area contributed by atoms with Crippen molar-refractivity contribution < 1.29 is 9.73 Å². The number of quaternary nitrogens is 1. The minimum Gasteiger partial charge on any atom is -0.415 e. The van der Waals surface area contributed by atoms with Gasteiger partial charge in [-0.3, -0.25) is 0 Å². The third-order valence-electron chi connectivity index (χ3n) is 3.87. The average Bonchev–Trinajstić information content (AvgIpc) is 3.05. The molecule has 0 aliphatic carbocycles. The van der Waals surface area contributed by atoms with Gasteiger partial charge in [-0.2, -0.15) is 0 Å². The van der Waals surface area contributed by atoms with Crippen LogP contribution in [-0.2, 0) is 0 Å². The average molecular weight is 363 g/mol. The second-order valence-electron chi connectivity index (χ2n) is 5.78. The summed E-state index contributed by atoms with van der Waals surface area (Å²) >= 11 is 11.9. The minimum absolute atomic E-state index is 0.0381. The van der Waals surface area contributed by atoms with Crippen LogP contribution in [0.5, 0.6) is 0 Å². The van der Waals surface area contributed by atoms with Crippen LogP contribution in [0.2, 0.25) is 10.0 Å². The van der Waals surface area contributed by atoms with E-state index in [4.69, 9.17) is 27.6 Å². The molecule has 0 fully saturated rings. The van der Waals surface area contributed by atoms with Crippen LogP contribution in [0.25, 0.3) is 11.5 Å². The molecule has 2 N–H and O–H groups in total. The number of hydrogen-bond acceptors (Lipinski definition) is 3. The van der Waals surface area contributed by atoms with Crippen LogP contribution in [0, 0.1) is 0 Å². The van der Waals surface area contributed by atoms with Crippen molar-refractivity contribution in [3.05, 3.63) is 70.0 Å². The molecule has 0 spiro atoms. The Morgan fingerprint density at radius 3 is 2.38 bits per heavy atom. The fraction of sp³-hybridized carbons (Fsp3) is 0.222. The highest BCUT2D eigenvalue weighted by molar-refractivity contribution is 6.31. The van der Waals surface area contributed by atoms with Crippen LogP contribution >= 0.6 is 23.2 Å². The van der Waals surface area contributed by atoms with Crippen LogP contribution < -0.4 is 5.32 Å². The summed E-state index contributed by atoms with van der Waals surface area (Å²) in [7, 11) is 0. The molecule has 0 saturated heterocycles. The lowest BCUT2D eigenvalue weighted by Crippen LogP contribution is -2.85. The molecule has 3 rings (SSSR count). The summed E-state index contributed by atoms with van der Waals surface area (Å²) in [5, 5.41) is 11.9. The van der Waals surface area contributed by atoms with Crippen molar-refractivity contribution >= 4 is 23.2 Å². The SMILES string of the molecule is C[C@H]([NH2+][C@H](C)c1ccc(Cl)cc1)c1nnc(-c2cccc(Cl)c2)o1. The summed E-state index contributed by atoms with van der Waals surface area (Å²) in [5.41, 5.74) is 2.01. The van der Waals surface area contributed by atoms with Crippen LogP contribution in [0.15, 0.2) is 52.9 Å². The molecular weight excluding hydrogens is 345 g/mol. The topological polar surface area (TPSA) is 55.5 Å². The van der Waals surface area contributed by atoms with Gasteiger partial charge in [-0.15, -0.1) is 10.2 Å². The van der Waals surface area contributed by atoms with Crippen molar-refractivity contribution in [3.63, 3.8) is 0 Å². The predicted molar refractivity (Wildman–Crippen MR) is 95.0 cm³/mol. The normalized spacial score (nSPS) is 13.7. The van der Waals surface area contributed by atoms with E-state index in [1.165, 1.54) is 5.56 Å². The first-order valence-electron chi connectivity index (χ1n) is 7.72.